The maximum absolute atomic E-state index is 11.8. The van der Waals surface area contributed by atoms with Crippen LogP contribution in [0.2, 0.25) is 0 Å². The van der Waals surface area contributed by atoms with Crippen molar-refractivity contribution in [3.63, 3.8) is 0 Å². The summed E-state index contributed by atoms with van der Waals surface area (Å²) in [7, 11) is 0. The maximum Gasteiger partial charge on any atom is 0.173 e. The zero-order chi connectivity index (χ0) is 11.1. The number of allylic oxidation sites excluding steroid dienone is 4. The molecule has 3 rings (SSSR count). The van der Waals surface area contributed by atoms with Gasteiger partial charge in [0.1, 0.15) is 0 Å². The van der Waals surface area contributed by atoms with Gasteiger partial charge in [0.15, 0.2) is 5.78 Å². The van der Waals surface area contributed by atoms with E-state index < -0.39 is 0 Å². The van der Waals surface area contributed by atoms with E-state index in [9.17, 15) is 4.79 Å². The molecule has 0 N–H and O–H groups in total. The first-order valence-corrected chi connectivity index (χ1v) is 6.26. The third-order valence-corrected chi connectivity index (χ3v) is 4.29. The molecule has 2 heteroatoms. The van der Waals surface area contributed by atoms with Crippen molar-refractivity contribution in [1.82, 2.24) is 0 Å². The number of carbonyl (C=O) groups is 1. The minimum absolute atomic E-state index is 0.272. The molecule has 1 aliphatic carbocycles. The van der Waals surface area contributed by atoms with E-state index in [-0.39, 0.29) is 5.78 Å². The van der Waals surface area contributed by atoms with Crippen molar-refractivity contribution in [2.75, 3.05) is 0 Å². The predicted octanol–water partition coefficient (Wildman–Crippen LogP) is 3.43. The molecule has 1 nitrogen and oxygen atoms in total. The Morgan fingerprint density at radius 2 is 2.19 bits per heavy atom. The lowest BCUT2D eigenvalue weighted by molar-refractivity contribution is -0.114. The average molecular weight is 228 g/mol. The number of hydrogen-bond donors (Lipinski definition) is 0. The Kier molecular flexibility index (Phi) is 2.25. The van der Waals surface area contributed by atoms with Crippen LogP contribution in [0.3, 0.4) is 0 Å². The molecular weight excluding hydrogens is 216 g/mol. The van der Waals surface area contributed by atoms with Crippen LogP contribution in [0.5, 0.6) is 0 Å². The molecule has 0 unspecified atom stereocenters. The molecule has 0 aromatic heterocycles. The van der Waals surface area contributed by atoms with E-state index in [4.69, 9.17) is 0 Å². The molecule has 16 heavy (non-hydrogen) atoms. The number of carbonyl (C=O) groups excluding carboxylic acids is 1. The highest BCUT2D eigenvalue weighted by molar-refractivity contribution is 8.04. The fraction of sp³-hybridized carbons (Fsp3) is 0.214. The zero-order valence-corrected chi connectivity index (χ0v) is 9.93. The zero-order valence-electron chi connectivity index (χ0n) is 9.12. The van der Waals surface area contributed by atoms with Crippen molar-refractivity contribution in [3.8, 4) is 0 Å². The number of aryl methyl sites for hydroxylation is 1. The largest absolute Gasteiger partial charge is 0.293 e. The number of fused-ring (bicyclic) bond motifs is 1. The molecule has 1 aromatic carbocycles. The summed E-state index contributed by atoms with van der Waals surface area (Å²) < 4.78 is 0. The summed E-state index contributed by atoms with van der Waals surface area (Å²) >= 11 is 1.64. The van der Waals surface area contributed by atoms with Crippen LogP contribution in [-0.2, 0) is 11.2 Å². The van der Waals surface area contributed by atoms with Gasteiger partial charge in [0.2, 0.25) is 0 Å². The van der Waals surface area contributed by atoms with Gasteiger partial charge >= 0.3 is 0 Å². The molecule has 1 aliphatic heterocycles. The number of thioether (sulfide) groups is 1. The highest BCUT2D eigenvalue weighted by Gasteiger charge is 2.23. The van der Waals surface area contributed by atoms with E-state index in [1.807, 2.05) is 6.08 Å². The third kappa shape index (κ3) is 1.54. The van der Waals surface area contributed by atoms with E-state index in [1.54, 1.807) is 11.8 Å². The summed E-state index contributed by atoms with van der Waals surface area (Å²) in [5, 5.41) is 0. The standard InChI is InChI=1S/C14H12OS/c1-9-5-6-13-11(7-9)8-10-3-2-4-12(15)14(10)16-13/h2-3,5-7H,4,8H2,1H3. The van der Waals surface area contributed by atoms with Gasteiger partial charge in [0.05, 0.1) is 4.91 Å². The molecule has 0 saturated carbocycles. The molecule has 80 valence electrons. The van der Waals surface area contributed by atoms with Crippen molar-refractivity contribution >= 4 is 17.5 Å². The normalized spacial score (nSPS) is 18.4. The van der Waals surface area contributed by atoms with Crippen LogP contribution < -0.4 is 0 Å². The number of ketones is 1. The van der Waals surface area contributed by atoms with Crippen molar-refractivity contribution in [1.29, 1.82) is 0 Å². The molecule has 0 amide bonds. The predicted molar refractivity (Wildman–Crippen MR) is 66.5 cm³/mol. The molecule has 0 atom stereocenters. The Morgan fingerprint density at radius 1 is 1.31 bits per heavy atom. The Bertz CT molecular complexity index is 538. The van der Waals surface area contributed by atoms with Crippen molar-refractivity contribution in [2.24, 2.45) is 0 Å². The summed E-state index contributed by atoms with van der Waals surface area (Å²) in [6, 6.07) is 6.46. The second kappa shape index (κ2) is 3.63. The third-order valence-electron chi connectivity index (χ3n) is 2.98. The van der Waals surface area contributed by atoms with E-state index in [0.29, 0.717) is 6.42 Å². The van der Waals surface area contributed by atoms with Crippen LogP contribution in [0, 0.1) is 6.92 Å². The van der Waals surface area contributed by atoms with Crippen LogP contribution >= 0.6 is 11.8 Å². The fourth-order valence-electron chi connectivity index (χ4n) is 2.18. The summed E-state index contributed by atoms with van der Waals surface area (Å²) in [6.45, 7) is 2.11. The highest BCUT2D eigenvalue weighted by atomic mass is 32.2. The van der Waals surface area contributed by atoms with E-state index in [1.165, 1.54) is 21.6 Å². The van der Waals surface area contributed by atoms with Crippen LogP contribution in [0.25, 0.3) is 0 Å². The van der Waals surface area contributed by atoms with Crippen LogP contribution in [-0.4, -0.2) is 5.78 Å². The first-order chi connectivity index (χ1) is 7.74. The lowest BCUT2D eigenvalue weighted by Gasteiger charge is -2.22. The van der Waals surface area contributed by atoms with Gasteiger partial charge in [0, 0.05) is 11.3 Å². The van der Waals surface area contributed by atoms with Gasteiger partial charge in [-0.15, -0.1) is 0 Å². The van der Waals surface area contributed by atoms with E-state index >= 15 is 0 Å². The van der Waals surface area contributed by atoms with Gasteiger partial charge in [-0.1, -0.05) is 41.6 Å². The molecular formula is C14H12OS. The Morgan fingerprint density at radius 3 is 3.06 bits per heavy atom. The first-order valence-electron chi connectivity index (χ1n) is 5.44. The van der Waals surface area contributed by atoms with Crippen LogP contribution in [0.15, 0.2) is 45.7 Å². The van der Waals surface area contributed by atoms with Gasteiger partial charge in [-0.25, -0.2) is 0 Å². The minimum atomic E-state index is 0.272. The van der Waals surface area contributed by atoms with Crippen molar-refractivity contribution in [3.05, 3.63) is 52.0 Å². The SMILES string of the molecule is Cc1ccc2c(c1)CC1=C(S2)C(=O)CC=C1. The van der Waals surface area contributed by atoms with Gasteiger partial charge in [-0.3, -0.25) is 4.79 Å². The Hall–Kier alpha value is -1.28. The van der Waals surface area contributed by atoms with Crippen LogP contribution in [0.1, 0.15) is 17.5 Å². The monoisotopic (exact) mass is 228 g/mol. The molecule has 0 saturated heterocycles. The molecule has 2 aliphatic rings. The van der Waals surface area contributed by atoms with Gasteiger partial charge < -0.3 is 0 Å². The van der Waals surface area contributed by atoms with E-state index in [0.717, 1.165) is 11.3 Å². The minimum Gasteiger partial charge on any atom is -0.293 e. The number of hydrogen-bond acceptors (Lipinski definition) is 2. The number of benzene rings is 1. The maximum atomic E-state index is 11.8. The molecule has 0 spiro atoms. The second-order valence-corrected chi connectivity index (χ2v) is 5.33. The topological polar surface area (TPSA) is 17.1 Å². The molecule has 0 bridgehead atoms. The lowest BCUT2D eigenvalue weighted by Crippen LogP contribution is -2.11. The molecule has 0 fully saturated rings. The highest BCUT2D eigenvalue weighted by Crippen LogP contribution is 2.41. The average Bonchev–Trinajstić information content (AvgIpc) is 2.27. The molecule has 1 heterocycles. The van der Waals surface area contributed by atoms with Gasteiger partial charge in [-0.05, 0) is 30.5 Å². The first kappa shape index (κ1) is 9.91. The summed E-state index contributed by atoms with van der Waals surface area (Å²) in [5.74, 6) is 0.272. The number of Topliss-reactive ketones (excluding diaryl/α,β-unsaturated/α-hetero) is 1. The fourth-order valence-corrected chi connectivity index (χ4v) is 3.27. The molecule has 1 aromatic rings. The summed E-state index contributed by atoms with van der Waals surface area (Å²) in [4.78, 5) is 14.0. The van der Waals surface area contributed by atoms with Gasteiger partial charge in [-0.2, -0.15) is 0 Å². The van der Waals surface area contributed by atoms with Crippen molar-refractivity contribution in [2.45, 2.75) is 24.7 Å². The Balaban J connectivity index is 2.07. The summed E-state index contributed by atoms with van der Waals surface area (Å²) in [6.07, 6.45) is 5.55. The van der Waals surface area contributed by atoms with Crippen LogP contribution in [0.4, 0.5) is 0 Å². The van der Waals surface area contributed by atoms with Crippen molar-refractivity contribution < 1.29 is 4.79 Å². The quantitative estimate of drug-likeness (QED) is 0.676. The van der Waals surface area contributed by atoms with E-state index in [2.05, 4.69) is 31.2 Å². The second-order valence-electron chi connectivity index (χ2n) is 4.27. The lowest BCUT2D eigenvalue weighted by atomic mass is 9.97. The smallest absolute Gasteiger partial charge is 0.173 e. The number of rotatable bonds is 0. The summed E-state index contributed by atoms with van der Waals surface area (Å²) in [5.41, 5.74) is 3.83. The Labute approximate surface area is 99.2 Å². The molecule has 0 radical (unpaired) electrons. The van der Waals surface area contributed by atoms with Gasteiger partial charge in [0.25, 0.3) is 0 Å².